The van der Waals surface area contributed by atoms with E-state index in [0.29, 0.717) is 37.3 Å². The van der Waals surface area contributed by atoms with Gasteiger partial charge in [-0.3, -0.25) is 9.59 Å². The lowest BCUT2D eigenvalue weighted by Crippen LogP contribution is -2.37. The van der Waals surface area contributed by atoms with Crippen LogP contribution in [0.3, 0.4) is 0 Å². The van der Waals surface area contributed by atoms with E-state index in [-0.39, 0.29) is 28.5 Å². The zero-order valence-electron chi connectivity index (χ0n) is 17.5. The quantitative estimate of drug-likeness (QED) is 0.763. The van der Waals surface area contributed by atoms with Crippen molar-refractivity contribution in [2.45, 2.75) is 35.3 Å². The number of anilines is 1. The van der Waals surface area contributed by atoms with Gasteiger partial charge in [0.1, 0.15) is 0 Å². The molecule has 1 fully saturated rings. The molecular formula is C22H25N3O4S2. The van der Waals surface area contributed by atoms with Crippen LogP contribution in [0.25, 0.3) is 0 Å². The molecule has 0 saturated carbocycles. The summed E-state index contributed by atoms with van der Waals surface area (Å²) in [6, 6.07) is 12.2. The second-order valence-corrected chi connectivity index (χ2v) is 11.1. The fourth-order valence-corrected chi connectivity index (χ4v) is 6.12. The number of carbonyl (C=O) groups excluding carboxylic acids is 2. The average Bonchev–Trinajstić information content (AvgIpc) is 3.01. The first-order valence-electron chi connectivity index (χ1n) is 10.2. The average molecular weight is 460 g/mol. The van der Waals surface area contributed by atoms with E-state index >= 15 is 0 Å². The SMILES string of the molecule is Cc1ccc(S(=O)(=O)N2CCCN(C(=O)c3ccc4c(c3)NC(=O)[C@H](C)S4)CC2)cc1. The first-order chi connectivity index (χ1) is 14.8. The van der Waals surface area contributed by atoms with Gasteiger partial charge in [-0.15, -0.1) is 11.8 Å². The summed E-state index contributed by atoms with van der Waals surface area (Å²) in [6.07, 6.45) is 0.561. The van der Waals surface area contributed by atoms with Gasteiger partial charge in [-0.2, -0.15) is 4.31 Å². The monoisotopic (exact) mass is 459 g/mol. The number of aryl methyl sites for hydroxylation is 1. The zero-order valence-corrected chi connectivity index (χ0v) is 19.1. The molecule has 31 heavy (non-hydrogen) atoms. The van der Waals surface area contributed by atoms with Crippen molar-refractivity contribution < 1.29 is 18.0 Å². The molecule has 0 radical (unpaired) electrons. The van der Waals surface area contributed by atoms with Gasteiger partial charge in [0.25, 0.3) is 5.91 Å². The van der Waals surface area contributed by atoms with Crippen LogP contribution in [-0.4, -0.2) is 60.9 Å². The highest BCUT2D eigenvalue weighted by Gasteiger charge is 2.29. The Hall–Kier alpha value is -2.36. The van der Waals surface area contributed by atoms with E-state index in [1.807, 2.05) is 19.9 Å². The van der Waals surface area contributed by atoms with Crippen LogP contribution in [0, 0.1) is 6.92 Å². The van der Waals surface area contributed by atoms with Crippen LogP contribution >= 0.6 is 11.8 Å². The molecule has 1 saturated heterocycles. The molecule has 2 aromatic rings. The second kappa shape index (κ2) is 8.64. The summed E-state index contributed by atoms with van der Waals surface area (Å²) >= 11 is 1.47. The van der Waals surface area contributed by atoms with Gasteiger partial charge in [-0.25, -0.2) is 8.42 Å². The summed E-state index contributed by atoms with van der Waals surface area (Å²) in [5, 5.41) is 2.69. The van der Waals surface area contributed by atoms with E-state index in [1.54, 1.807) is 41.3 Å². The summed E-state index contributed by atoms with van der Waals surface area (Å²) < 4.78 is 27.4. The summed E-state index contributed by atoms with van der Waals surface area (Å²) in [5.41, 5.74) is 2.14. The van der Waals surface area contributed by atoms with Gasteiger partial charge < -0.3 is 10.2 Å². The standard InChI is InChI=1S/C22H25N3O4S2/c1-15-4-7-18(8-5-15)31(28,29)25-11-3-10-24(12-13-25)22(27)17-6-9-20-19(14-17)23-21(26)16(2)30-20/h4-9,14,16H,3,10-13H2,1-2H3,(H,23,26)/t16-/m0/s1. The van der Waals surface area contributed by atoms with Crippen molar-refractivity contribution in [3.05, 3.63) is 53.6 Å². The maximum absolute atomic E-state index is 13.1. The molecule has 1 atom stereocenters. The number of hydrogen-bond donors (Lipinski definition) is 1. The topological polar surface area (TPSA) is 86.8 Å². The number of nitrogens with zero attached hydrogens (tertiary/aromatic N) is 2. The Morgan fingerprint density at radius 3 is 2.55 bits per heavy atom. The minimum absolute atomic E-state index is 0.0752. The van der Waals surface area contributed by atoms with E-state index in [2.05, 4.69) is 5.32 Å². The molecule has 2 aromatic carbocycles. The Bertz CT molecular complexity index is 1120. The summed E-state index contributed by atoms with van der Waals surface area (Å²) in [6.45, 7) is 5.17. The van der Waals surface area contributed by atoms with E-state index in [9.17, 15) is 18.0 Å². The van der Waals surface area contributed by atoms with Gasteiger partial charge in [0, 0.05) is 36.6 Å². The fraction of sp³-hybridized carbons (Fsp3) is 0.364. The molecule has 4 rings (SSSR count). The third kappa shape index (κ3) is 4.49. The Balaban J connectivity index is 1.48. The highest BCUT2D eigenvalue weighted by atomic mass is 32.2. The van der Waals surface area contributed by atoms with Gasteiger partial charge in [-0.1, -0.05) is 17.7 Å². The predicted molar refractivity (Wildman–Crippen MR) is 121 cm³/mol. The van der Waals surface area contributed by atoms with Crippen LogP contribution in [0.1, 0.15) is 29.3 Å². The number of amides is 2. The molecular weight excluding hydrogens is 434 g/mol. The van der Waals surface area contributed by atoms with Crippen molar-refractivity contribution in [3.63, 3.8) is 0 Å². The summed E-state index contributed by atoms with van der Waals surface area (Å²) in [7, 11) is -3.59. The Morgan fingerprint density at radius 1 is 1.06 bits per heavy atom. The van der Waals surface area contributed by atoms with Gasteiger partial charge >= 0.3 is 0 Å². The molecule has 2 heterocycles. The number of hydrogen-bond acceptors (Lipinski definition) is 5. The van der Waals surface area contributed by atoms with Crippen molar-refractivity contribution in [2.24, 2.45) is 0 Å². The minimum atomic E-state index is -3.59. The lowest BCUT2D eigenvalue weighted by molar-refractivity contribution is -0.115. The number of nitrogens with one attached hydrogen (secondary N) is 1. The lowest BCUT2D eigenvalue weighted by Gasteiger charge is -2.24. The number of fused-ring (bicyclic) bond motifs is 1. The maximum atomic E-state index is 13.1. The van der Waals surface area contributed by atoms with Crippen molar-refractivity contribution in [1.29, 1.82) is 0 Å². The van der Waals surface area contributed by atoms with Crippen LogP contribution in [0.5, 0.6) is 0 Å². The third-order valence-electron chi connectivity index (χ3n) is 5.56. The first kappa shape index (κ1) is 21.9. The van der Waals surface area contributed by atoms with Crippen LogP contribution in [-0.2, 0) is 14.8 Å². The molecule has 2 amide bonds. The van der Waals surface area contributed by atoms with Crippen molar-refractivity contribution in [1.82, 2.24) is 9.21 Å². The summed E-state index contributed by atoms with van der Waals surface area (Å²) in [4.78, 5) is 27.9. The largest absolute Gasteiger partial charge is 0.337 e. The van der Waals surface area contributed by atoms with Gasteiger partial charge in [0.15, 0.2) is 0 Å². The predicted octanol–water partition coefficient (Wildman–Crippen LogP) is 2.96. The van der Waals surface area contributed by atoms with E-state index in [0.717, 1.165) is 10.5 Å². The second-order valence-electron chi connectivity index (χ2n) is 7.82. The van der Waals surface area contributed by atoms with Crippen molar-refractivity contribution in [2.75, 3.05) is 31.5 Å². The normalized spacial score (nSPS) is 20.0. The number of rotatable bonds is 3. The molecule has 0 unspecified atom stereocenters. The minimum Gasteiger partial charge on any atom is -0.337 e. The van der Waals surface area contributed by atoms with Crippen LogP contribution in [0.15, 0.2) is 52.3 Å². The van der Waals surface area contributed by atoms with Crippen LogP contribution in [0.2, 0.25) is 0 Å². The highest BCUT2D eigenvalue weighted by molar-refractivity contribution is 8.01. The molecule has 0 aliphatic carbocycles. The zero-order chi connectivity index (χ0) is 22.2. The molecule has 2 aliphatic heterocycles. The molecule has 7 nitrogen and oxygen atoms in total. The number of sulfonamides is 1. The molecule has 0 spiro atoms. The molecule has 9 heteroatoms. The number of carbonyl (C=O) groups is 2. The highest BCUT2D eigenvalue weighted by Crippen LogP contribution is 2.36. The maximum Gasteiger partial charge on any atom is 0.253 e. The Labute approximate surface area is 186 Å². The van der Waals surface area contributed by atoms with E-state index < -0.39 is 10.0 Å². The summed E-state index contributed by atoms with van der Waals surface area (Å²) in [5.74, 6) is -0.232. The van der Waals surface area contributed by atoms with Crippen LogP contribution < -0.4 is 5.32 Å². The Morgan fingerprint density at radius 2 is 1.81 bits per heavy atom. The molecule has 1 N–H and O–H groups in total. The van der Waals surface area contributed by atoms with Gasteiger partial charge in [0.05, 0.1) is 15.8 Å². The molecule has 164 valence electrons. The Kier molecular flexibility index (Phi) is 6.09. The number of benzene rings is 2. The smallest absolute Gasteiger partial charge is 0.253 e. The van der Waals surface area contributed by atoms with Gasteiger partial charge in [0.2, 0.25) is 15.9 Å². The first-order valence-corrected chi connectivity index (χ1v) is 12.6. The molecule has 0 aromatic heterocycles. The van der Waals surface area contributed by atoms with Crippen molar-refractivity contribution >= 4 is 39.3 Å². The number of thioether (sulfide) groups is 1. The van der Waals surface area contributed by atoms with Crippen molar-refractivity contribution in [3.8, 4) is 0 Å². The third-order valence-corrected chi connectivity index (χ3v) is 8.65. The molecule has 2 aliphatic rings. The molecule has 0 bridgehead atoms. The lowest BCUT2D eigenvalue weighted by atomic mass is 10.1. The van der Waals surface area contributed by atoms with E-state index in [1.165, 1.54) is 16.1 Å². The van der Waals surface area contributed by atoms with Crippen LogP contribution in [0.4, 0.5) is 5.69 Å². The van der Waals surface area contributed by atoms with Gasteiger partial charge in [-0.05, 0) is 50.6 Å². The fourth-order valence-electron chi connectivity index (χ4n) is 3.72. The van der Waals surface area contributed by atoms with E-state index in [4.69, 9.17) is 0 Å².